The first kappa shape index (κ1) is 22.7. The van der Waals surface area contributed by atoms with E-state index in [-0.39, 0.29) is 0 Å². The zero-order valence-corrected chi connectivity index (χ0v) is 18.0. The van der Waals surface area contributed by atoms with Gasteiger partial charge in [0, 0.05) is 46.4 Å². The Hall–Kier alpha value is -1.63. The number of nitrogens with zero attached hydrogens (tertiary/aromatic N) is 2. The molecule has 1 aromatic carbocycles. The van der Waals surface area contributed by atoms with Gasteiger partial charge in [-0.25, -0.2) is 0 Å². The van der Waals surface area contributed by atoms with E-state index < -0.39 is 0 Å². The van der Waals surface area contributed by atoms with Crippen molar-refractivity contribution in [2.75, 3.05) is 47.0 Å². The first-order valence-corrected chi connectivity index (χ1v) is 10.5. The van der Waals surface area contributed by atoms with Crippen LogP contribution in [0, 0.1) is 5.92 Å². The van der Waals surface area contributed by atoms with Gasteiger partial charge in [0.2, 0.25) is 0 Å². The number of hydrogen-bond acceptors (Lipinski definition) is 4. The molecule has 1 aliphatic rings. The van der Waals surface area contributed by atoms with E-state index in [4.69, 9.17) is 9.47 Å². The van der Waals surface area contributed by atoms with Gasteiger partial charge in [-0.05, 0) is 17.0 Å². The van der Waals surface area contributed by atoms with Crippen LogP contribution in [0.2, 0.25) is 0 Å². The second kappa shape index (κ2) is 12.8. The van der Waals surface area contributed by atoms with Gasteiger partial charge in [0.25, 0.3) is 0 Å². The van der Waals surface area contributed by atoms with Crippen LogP contribution in [0.25, 0.3) is 0 Å². The molecule has 0 aliphatic carbocycles. The molecule has 1 unspecified atom stereocenters. The lowest BCUT2D eigenvalue weighted by Crippen LogP contribution is -2.53. The fraction of sp³-hybridized carbons (Fsp3) is 0.682. The number of benzene rings is 1. The Bertz CT molecular complexity index is 584. The average Bonchev–Trinajstić information content (AvgIpc) is 2.75. The molecule has 2 N–H and O–H groups in total. The highest BCUT2D eigenvalue weighted by Gasteiger charge is 2.27. The summed E-state index contributed by atoms with van der Waals surface area (Å²) in [6.07, 6.45) is 2.38. The first-order chi connectivity index (χ1) is 13.7. The number of guanidine groups is 1. The molecule has 1 saturated heterocycles. The fourth-order valence-electron chi connectivity index (χ4n) is 3.96. The molecule has 6 nitrogen and oxygen atoms in total. The molecule has 158 valence electrons. The Morgan fingerprint density at radius 2 is 1.82 bits per heavy atom. The minimum atomic E-state index is 0.498. The molecule has 1 fully saturated rings. The zero-order chi connectivity index (χ0) is 20.2. The van der Waals surface area contributed by atoms with Crippen molar-refractivity contribution >= 4 is 5.96 Å². The largest absolute Gasteiger partial charge is 0.380 e. The minimum absolute atomic E-state index is 0.498. The summed E-state index contributed by atoms with van der Waals surface area (Å²) in [6, 6.07) is 8.85. The summed E-state index contributed by atoms with van der Waals surface area (Å²) >= 11 is 0. The Balaban J connectivity index is 1.94. The van der Waals surface area contributed by atoms with Crippen molar-refractivity contribution in [3.63, 3.8) is 0 Å². The van der Waals surface area contributed by atoms with Crippen molar-refractivity contribution in [2.24, 2.45) is 10.9 Å². The van der Waals surface area contributed by atoms with Crippen LogP contribution in [0.5, 0.6) is 0 Å². The molecule has 0 radical (unpaired) electrons. The second-order valence-corrected chi connectivity index (χ2v) is 7.30. The highest BCUT2D eigenvalue weighted by Crippen LogP contribution is 2.19. The Morgan fingerprint density at radius 3 is 2.43 bits per heavy atom. The standard InChI is InChI=1S/C22H38N4O2/c1-5-18(6-2)21(26-11-13-28-14-12-26)16-25-22(23-3)24-15-19-9-7-8-10-20(19)17-27-4/h7-10,18,21H,5-6,11-17H2,1-4H3,(H2,23,24,25). The highest BCUT2D eigenvalue weighted by atomic mass is 16.5. The van der Waals surface area contributed by atoms with Gasteiger partial charge in [0.05, 0.1) is 19.8 Å². The molecule has 28 heavy (non-hydrogen) atoms. The van der Waals surface area contributed by atoms with Crippen LogP contribution in [0.15, 0.2) is 29.3 Å². The van der Waals surface area contributed by atoms with Gasteiger partial charge in [-0.2, -0.15) is 0 Å². The van der Waals surface area contributed by atoms with E-state index in [0.717, 1.165) is 45.4 Å². The Morgan fingerprint density at radius 1 is 1.14 bits per heavy atom. The topological polar surface area (TPSA) is 58.1 Å². The summed E-state index contributed by atoms with van der Waals surface area (Å²) in [5.41, 5.74) is 2.44. The van der Waals surface area contributed by atoms with E-state index in [0.29, 0.717) is 18.6 Å². The lowest BCUT2D eigenvalue weighted by molar-refractivity contribution is 0.00272. The number of rotatable bonds is 10. The smallest absolute Gasteiger partial charge is 0.191 e. The molecule has 0 bridgehead atoms. The second-order valence-electron chi connectivity index (χ2n) is 7.30. The quantitative estimate of drug-likeness (QED) is 0.475. The molecule has 1 heterocycles. The van der Waals surface area contributed by atoms with Crippen LogP contribution in [0.4, 0.5) is 0 Å². The number of ether oxygens (including phenoxy) is 2. The molecule has 0 aromatic heterocycles. The van der Waals surface area contributed by atoms with Crippen molar-refractivity contribution in [1.82, 2.24) is 15.5 Å². The third-order valence-electron chi connectivity index (χ3n) is 5.67. The van der Waals surface area contributed by atoms with Gasteiger partial charge < -0.3 is 20.1 Å². The molecular formula is C22H38N4O2. The van der Waals surface area contributed by atoms with E-state index in [1.165, 1.54) is 24.0 Å². The molecule has 2 rings (SSSR count). The number of morpholine rings is 1. The van der Waals surface area contributed by atoms with Gasteiger partial charge in [0.15, 0.2) is 5.96 Å². The molecule has 0 saturated carbocycles. The van der Waals surface area contributed by atoms with Crippen LogP contribution in [0.3, 0.4) is 0 Å². The lowest BCUT2D eigenvalue weighted by Gasteiger charge is -2.39. The summed E-state index contributed by atoms with van der Waals surface area (Å²) in [5.74, 6) is 1.52. The molecular weight excluding hydrogens is 352 g/mol. The Kier molecular flexibility index (Phi) is 10.3. The SMILES string of the molecule is CCC(CC)C(CNC(=NC)NCc1ccccc1COC)N1CCOCC1. The van der Waals surface area contributed by atoms with E-state index in [1.54, 1.807) is 7.11 Å². The fourth-order valence-corrected chi connectivity index (χ4v) is 3.96. The third-order valence-corrected chi connectivity index (χ3v) is 5.67. The number of hydrogen-bond donors (Lipinski definition) is 2. The minimum Gasteiger partial charge on any atom is -0.380 e. The van der Waals surface area contributed by atoms with Crippen molar-refractivity contribution in [3.8, 4) is 0 Å². The maximum Gasteiger partial charge on any atom is 0.191 e. The summed E-state index contributed by atoms with van der Waals surface area (Å²) in [4.78, 5) is 7.01. The van der Waals surface area contributed by atoms with E-state index in [9.17, 15) is 0 Å². The molecule has 0 amide bonds. The third kappa shape index (κ3) is 6.76. The van der Waals surface area contributed by atoms with Gasteiger partial charge in [-0.1, -0.05) is 51.0 Å². The van der Waals surface area contributed by atoms with E-state index in [1.807, 2.05) is 13.1 Å². The maximum atomic E-state index is 5.55. The van der Waals surface area contributed by atoms with Crippen molar-refractivity contribution in [2.45, 2.75) is 45.9 Å². The number of aliphatic imine (C=N–C) groups is 1. The Labute approximate surface area is 170 Å². The van der Waals surface area contributed by atoms with Gasteiger partial charge in [0.1, 0.15) is 0 Å². The highest BCUT2D eigenvalue weighted by molar-refractivity contribution is 5.79. The predicted molar refractivity (Wildman–Crippen MR) is 116 cm³/mol. The predicted octanol–water partition coefficient (Wildman–Crippen LogP) is 2.64. The summed E-state index contributed by atoms with van der Waals surface area (Å²) in [7, 11) is 3.56. The van der Waals surface area contributed by atoms with Crippen molar-refractivity contribution < 1.29 is 9.47 Å². The van der Waals surface area contributed by atoms with Crippen LogP contribution >= 0.6 is 0 Å². The number of nitrogens with one attached hydrogen (secondary N) is 2. The molecule has 1 aliphatic heterocycles. The summed E-state index contributed by atoms with van der Waals surface area (Å²) in [5, 5.41) is 7.02. The van der Waals surface area contributed by atoms with Gasteiger partial charge >= 0.3 is 0 Å². The zero-order valence-electron chi connectivity index (χ0n) is 18.0. The average molecular weight is 391 g/mol. The van der Waals surface area contributed by atoms with E-state index >= 15 is 0 Å². The first-order valence-electron chi connectivity index (χ1n) is 10.5. The van der Waals surface area contributed by atoms with E-state index in [2.05, 4.69) is 52.6 Å². The van der Waals surface area contributed by atoms with Crippen LogP contribution in [-0.4, -0.2) is 63.9 Å². The van der Waals surface area contributed by atoms with Gasteiger partial charge in [-0.3, -0.25) is 9.89 Å². The van der Waals surface area contributed by atoms with Crippen LogP contribution < -0.4 is 10.6 Å². The summed E-state index contributed by atoms with van der Waals surface area (Å²) < 4.78 is 10.9. The van der Waals surface area contributed by atoms with Crippen molar-refractivity contribution in [3.05, 3.63) is 35.4 Å². The lowest BCUT2D eigenvalue weighted by atomic mass is 9.92. The summed E-state index contributed by atoms with van der Waals surface area (Å²) in [6.45, 7) is 10.5. The maximum absolute atomic E-state index is 5.55. The molecule has 0 spiro atoms. The van der Waals surface area contributed by atoms with Crippen molar-refractivity contribution in [1.29, 1.82) is 0 Å². The van der Waals surface area contributed by atoms with Gasteiger partial charge in [-0.15, -0.1) is 0 Å². The normalized spacial score (nSPS) is 17.0. The molecule has 1 atom stereocenters. The molecule has 1 aromatic rings. The number of methoxy groups -OCH3 is 1. The monoisotopic (exact) mass is 390 g/mol. The van der Waals surface area contributed by atoms with Crippen LogP contribution in [0.1, 0.15) is 37.8 Å². The molecule has 6 heteroatoms. The van der Waals surface area contributed by atoms with Crippen LogP contribution in [-0.2, 0) is 22.6 Å².